The van der Waals surface area contributed by atoms with E-state index in [4.69, 9.17) is 9.15 Å². The summed E-state index contributed by atoms with van der Waals surface area (Å²) in [5, 5.41) is 7.64. The first-order chi connectivity index (χ1) is 9.29. The van der Waals surface area contributed by atoms with Crippen LogP contribution in [-0.4, -0.2) is 29.9 Å². The van der Waals surface area contributed by atoms with Gasteiger partial charge in [0.05, 0.1) is 19.6 Å². The van der Waals surface area contributed by atoms with Gasteiger partial charge in [0.1, 0.15) is 5.75 Å². The molecule has 0 N–H and O–H groups in total. The van der Waals surface area contributed by atoms with Crippen molar-refractivity contribution in [3.63, 3.8) is 0 Å². The summed E-state index contributed by atoms with van der Waals surface area (Å²) in [5.41, 5.74) is 0.994. The van der Waals surface area contributed by atoms with E-state index in [2.05, 4.69) is 14.9 Å². The third-order valence-electron chi connectivity index (χ3n) is 3.06. The Bertz CT molecular complexity index is 608. The number of nitrogens with zero attached hydrogens (tertiary/aromatic N) is 2. The van der Waals surface area contributed by atoms with E-state index in [1.165, 1.54) is 7.11 Å². The number of hydrogen-bond donors (Lipinski definition) is 0. The van der Waals surface area contributed by atoms with Crippen LogP contribution in [0.3, 0.4) is 0 Å². The van der Waals surface area contributed by atoms with Gasteiger partial charge in [-0.05, 0) is 12.5 Å². The lowest BCUT2D eigenvalue weighted by molar-refractivity contribution is 0.0553. The maximum atomic E-state index is 11.3. The normalized spacial score (nSPS) is 17.4. The van der Waals surface area contributed by atoms with Gasteiger partial charge in [-0.15, -0.1) is 10.2 Å². The molecule has 0 spiro atoms. The largest absolute Gasteiger partial charge is 0.493 e. The highest BCUT2D eigenvalue weighted by Crippen LogP contribution is 2.37. The van der Waals surface area contributed by atoms with Crippen molar-refractivity contribution in [1.29, 1.82) is 0 Å². The minimum absolute atomic E-state index is 0.0455. The van der Waals surface area contributed by atoms with E-state index in [0.29, 0.717) is 12.5 Å². The summed E-state index contributed by atoms with van der Waals surface area (Å²) < 4.78 is 15.5. The summed E-state index contributed by atoms with van der Waals surface area (Å²) in [5.74, 6) is 0.434. The van der Waals surface area contributed by atoms with E-state index in [1.54, 1.807) is 0 Å². The van der Waals surface area contributed by atoms with Crippen LogP contribution in [-0.2, 0) is 4.74 Å². The molecule has 1 aromatic carbocycles. The van der Waals surface area contributed by atoms with Crippen molar-refractivity contribution in [3.8, 4) is 5.75 Å². The first-order valence-electron chi connectivity index (χ1n) is 5.93. The predicted molar refractivity (Wildman–Crippen MR) is 64.0 cm³/mol. The lowest BCUT2D eigenvalue weighted by Crippen LogP contribution is -2.15. The topological polar surface area (TPSA) is 74.5 Å². The number of carbonyl (C=O) groups is 1. The van der Waals surface area contributed by atoms with Gasteiger partial charge in [0.15, 0.2) is 0 Å². The molecule has 6 nitrogen and oxygen atoms in total. The Kier molecular flexibility index (Phi) is 2.91. The molecule has 1 aliphatic heterocycles. The molecular formula is C13H12N2O4. The molecule has 19 heavy (non-hydrogen) atoms. The fourth-order valence-electron chi connectivity index (χ4n) is 2.14. The summed E-state index contributed by atoms with van der Waals surface area (Å²) in [4.78, 5) is 11.3. The molecule has 6 heteroatoms. The number of hydrogen-bond acceptors (Lipinski definition) is 6. The number of carbonyl (C=O) groups excluding carboxylic acids is 1. The van der Waals surface area contributed by atoms with Crippen molar-refractivity contribution in [2.75, 3.05) is 13.7 Å². The van der Waals surface area contributed by atoms with Crippen LogP contribution in [0.15, 0.2) is 28.7 Å². The maximum absolute atomic E-state index is 11.3. The number of para-hydroxylation sites is 1. The first-order valence-corrected chi connectivity index (χ1v) is 5.93. The highest BCUT2D eigenvalue weighted by Gasteiger charge is 2.28. The van der Waals surface area contributed by atoms with E-state index in [0.717, 1.165) is 17.7 Å². The van der Waals surface area contributed by atoms with Crippen molar-refractivity contribution in [2.45, 2.75) is 12.3 Å². The molecule has 0 aliphatic carbocycles. The van der Waals surface area contributed by atoms with Crippen LogP contribution in [0.2, 0.25) is 0 Å². The Morgan fingerprint density at radius 2 is 2.21 bits per heavy atom. The third kappa shape index (κ3) is 2.05. The molecular weight excluding hydrogens is 248 g/mol. The van der Waals surface area contributed by atoms with Crippen LogP contribution in [0.25, 0.3) is 0 Å². The second-order valence-corrected chi connectivity index (χ2v) is 4.16. The zero-order valence-corrected chi connectivity index (χ0v) is 10.3. The van der Waals surface area contributed by atoms with Crippen LogP contribution in [0, 0.1) is 0 Å². The Labute approximate surface area is 109 Å². The molecule has 1 atom stereocenters. The van der Waals surface area contributed by atoms with Crippen molar-refractivity contribution < 1.29 is 18.7 Å². The van der Waals surface area contributed by atoms with E-state index < -0.39 is 5.97 Å². The number of ether oxygens (including phenoxy) is 2. The molecule has 0 saturated carbocycles. The highest BCUT2D eigenvalue weighted by atomic mass is 16.5. The van der Waals surface area contributed by atoms with Crippen molar-refractivity contribution >= 4 is 5.97 Å². The Hall–Kier alpha value is -2.37. The minimum atomic E-state index is -0.626. The molecule has 3 rings (SSSR count). The van der Waals surface area contributed by atoms with Gasteiger partial charge in [-0.3, -0.25) is 0 Å². The molecule has 1 aromatic heterocycles. The number of rotatable bonds is 2. The maximum Gasteiger partial charge on any atom is 0.396 e. The fourth-order valence-corrected chi connectivity index (χ4v) is 2.14. The zero-order chi connectivity index (χ0) is 13.2. The van der Waals surface area contributed by atoms with E-state index in [1.807, 2.05) is 24.3 Å². The number of benzene rings is 1. The average Bonchev–Trinajstić information content (AvgIpc) is 2.95. The van der Waals surface area contributed by atoms with Crippen LogP contribution >= 0.6 is 0 Å². The van der Waals surface area contributed by atoms with Crippen LogP contribution in [0.4, 0.5) is 0 Å². The summed E-state index contributed by atoms with van der Waals surface area (Å²) in [6, 6.07) is 7.70. The highest BCUT2D eigenvalue weighted by molar-refractivity contribution is 5.83. The fraction of sp³-hybridized carbons (Fsp3) is 0.308. The Balaban J connectivity index is 1.95. The number of aromatic nitrogens is 2. The van der Waals surface area contributed by atoms with Gasteiger partial charge < -0.3 is 13.9 Å². The predicted octanol–water partition coefficient (Wildman–Crippen LogP) is 1.77. The van der Waals surface area contributed by atoms with Crippen molar-refractivity contribution in [2.24, 2.45) is 0 Å². The zero-order valence-electron chi connectivity index (χ0n) is 10.3. The summed E-state index contributed by atoms with van der Waals surface area (Å²) in [7, 11) is 1.27. The standard InChI is InChI=1S/C13H12N2O4/c1-17-13(16)12-15-14-11(19-12)9-6-7-18-10-5-3-2-4-8(9)10/h2-5,9H,6-7H2,1H3. The molecule has 0 bridgehead atoms. The average molecular weight is 260 g/mol. The van der Waals surface area contributed by atoms with Crippen LogP contribution in [0.5, 0.6) is 5.75 Å². The van der Waals surface area contributed by atoms with Crippen molar-refractivity contribution in [3.05, 3.63) is 41.6 Å². The van der Waals surface area contributed by atoms with Gasteiger partial charge in [0.2, 0.25) is 5.89 Å². The first kappa shape index (κ1) is 11.7. The monoisotopic (exact) mass is 260 g/mol. The molecule has 2 heterocycles. The Morgan fingerprint density at radius 1 is 1.37 bits per heavy atom. The quantitative estimate of drug-likeness (QED) is 0.766. The van der Waals surface area contributed by atoms with E-state index >= 15 is 0 Å². The van der Waals surface area contributed by atoms with Crippen LogP contribution in [0.1, 0.15) is 34.5 Å². The van der Waals surface area contributed by atoms with Crippen molar-refractivity contribution in [1.82, 2.24) is 10.2 Å². The SMILES string of the molecule is COC(=O)c1nnc(C2CCOc3ccccc32)o1. The third-order valence-corrected chi connectivity index (χ3v) is 3.06. The second kappa shape index (κ2) is 4.72. The summed E-state index contributed by atoms with van der Waals surface area (Å²) in [6.07, 6.45) is 0.736. The number of esters is 1. The molecule has 0 amide bonds. The van der Waals surface area contributed by atoms with Gasteiger partial charge >= 0.3 is 11.9 Å². The summed E-state index contributed by atoms with van der Waals surface area (Å²) >= 11 is 0. The summed E-state index contributed by atoms with van der Waals surface area (Å²) in [6.45, 7) is 0.581. The molecule has 0 saturated heterocycles. The van der Waals surface area contributed by atoms with Gasteiger partial charge in [0, 0.05) is 5.56 Å². The second-order valence-electron chi connectivity index (χ2n) is 4.16. The Morgan fingerprint density at radius 3 is 3.05 bits per heavy atom. The minimum Gasteiger partial charge on any atom is -0.493 e. The lowest BCUT2D eigenvalue weighted by Gasteiger charge is -2.23. The molecule has 1 unspecified atom stereocenters. The van der Waals surface area contributed by atoms with Gasteiger partial charge in [-0.2, -0.15) is 0 Å². The number of fused-ring (bicyclic) bond motifs is 1. The van der Waals surface area contributed by atoms with Gasteiger partial charge in [-0.25, -0.2) is 4.79 Å². The molecule has 1 aliphatic rings. The smallest absolute Gasteiger partial charge is 0.396 e. The number of methoxy groups -OCH3 is 1. The van der Waals surface area contributed by atoms with Gasteiger partial charge in [-0.1, -0.05) is 18.2 Å². The molecule has 0 fully saturated rings. The molecule has 0 radical (unpaired) electrons. The van der Waals surface area contributed by atoms with Gasteiger partial charge in [0.25, 0.3) is 0 Å². The van der Waals surface area contributed by atoms with Crippen LogP contribution < -0.4 is 4.74 Å². The molecule has 98 valence electrons. The van der Waals surface area contributed by atoms with E-state index in [-0.39, 0.29) is 11.8 Å². The van der Waals surface area contributed by atoms with E-state index in [9.17, 15) is 4.79 Å². The molecule has 2 aromatic rings. The lowest BCUT2D eigenvalue weighted by atomic mass is 9.93.